The number of aromatic hydroxyl groups is 1. The van der Waals surface area contributed by atoms with Crippen LogP contribution in [0, 0.1) is 0 Å². The highest BCUT2D eigenvalue weighted by molar-refractivity contribution is 6.28. The molecule has 2 rings (SSSR count). The van der Waals surface area contributed by atoms with Crippen LogP contribution in [0.2, 0.25) is 0 Å². The summed E-state index contributed by atoms with van der Waals surface area (Å²) in [5.74, 6) is -2.91. The third-order valence-electron chi connectivity index (χ3n) is 3.80. The van der Waals surface area contributed by atoms with Gasteiger partial charge in [0.05, 0.1) is 32.3 Å². The Labute approximate surface area is 132 Å². The molecule has 0 fully saturated rings. The van der Waals surface area contributed by atoms with Crippen molar-refractivity contribution in [3.05, 3.63) is 29.8 Å². The van der Waals surface area contributed by atoms with Crippen LogP contribution < -0.4 is 15.1 Å². The van der Waals surface area contributed by atoms with Crippen molar-refractivity contribution in [2.24, 2.45) is 5.73 Å². The second kappa shape index (κ2) is 5.33. The first kappa shape index (κ1) is 16.4. The van der Waals surface area contributed by atoms with E-state index < -0.39 is 28.0 Å². The lowest BCUT2D eigenvalue weighted by Gasteiger charge is -2.27. The summed E-state index contributed by atoms with van der Waals surface area (Å²) in [5.41, 5.74) is 5.07. The molecule has 1 heterocycles. The Morgan fingerprint density at radius 3 is 2.09 bits per heavy atom. The predicted octanol–water partition coefficient (Wildman–Crippen LogP) is 0.0339. The molecule has 3 N–H and O–H groups in total. The molecule has 8 nitrogen and oxygen atoms in total. The van der Waals surface area contributed by atoms with Gasteiger partial charge in [-0.2, -0.15) is 0 Å². The number of carbonyl (C=O) groups is 4. The van der Waals surface area contributed by atoms with Crippen LogP contribution in [0.25, 0.3) is 0 Å². The van der Waals surface area contributed by atoms with Gasteiger partial charge in [0, 0.05) is 18.2 Å². The monoisotopic (exact) mass is 318 g/mol. The SMILES string of the molecule is CC(=O)[N+](C)(C)c1cc(N2C(=O)C=CC2=O)cc(C(N)=O)c1O. The Bertz CT molecular complexity index is 762. The number of hydrogen-bond acceptors (Lipinski definition) is 5. The van der Waals surface area contributed by atoms with Gasteiger partial charge in [-0.1, -0.05) is 0 Å². The number of imide groups is 1. The Morgan fingerprint density at radius 2 is 1.65 bits per heavy atom. The van der Waals surface area contributed by atoms with E-state index in [1.807, 2.05) is 0 Å². The van der Waals surface area contributed by atoms with Gasteiger partial charge in [-0.15, -0.1) is 0 Å². The van der Waals surface area contributed by atoms with E-state index >= 15 is 0 Å². The van der Waals surface area contributed by atoms with Gasteiger partial charge in [0.2, 0.25) is 0 Å². The summed E-state index contributed by atoms with van der Waals surface area (Å²) in [5, 5.41) is 10.3. The molecule has 0 saturated carbocycles. The minimum atomic E-state index is -0.943. The molecule has 0 saturated heterocycles. The number of amides is 4. The number of rotatable bonds is 3. The second-order valence-electron chi connectivity index (χ2n) is 5.54. The maximum Gasteiger partial charge on any atom is 0.315 e. The van der Waals surface area contributed by atoms with Crippen LogP contribution in [0.1, 0.15) is 17.3 Å². The highest BCUT2D eigenvalue weighted by Crippen LogP contribution is 2.38. The number of benzene rings is 1. The molecule has 0 bridgehead atoms. The minimum Gasteiger partial charge on any atom is -0.502 e. The molecule has 23 heavy (non-hydrogen) atoms. The Morgan fingerprint density at radius 1 is 1.13 bits per heavy atom. The molecule has 1 aliphatic rings. The largest absolute Gasteiger partial charge is 0.502 e. The van der Waals surface area contributed by atoms with Gasteiger partial charge in [0.15, 0.2) is 11.4 Å². The topological polar surface area (TPSA) is 118 Å². The lowest BCUT2D eigenvalue weighted by Crippen LogP contribution is -2.45. The normalized spacial score (nSPS) is 14.5. The zero-order chi connectivity index (χ0) is 17.5. The molecule has 4 amide bonds. The summed E-state index contributed by atoms with van der Waals surface area (Å²) in [6.07, 6.45) is 2.17. The van der Waals surface area contributed by atoms with Crippen LogP contribution >= 0.6 is 0 Å². The Kier molecular flexibility index (Phi) is 3.79. The Balaban J connectivity index is 2.74. The molecular formula is C15H16N3O5+. The number of phenols is 1. The summed E-state index contributed by atoms with van der Waals surface area (Å²) in [6.45, 7) is 1.31. The van der Waals surface area contributed by atoms with E-state index in [-0.39, 0.29) is 22.8 Å². The summed E-state index contributed by atoms with van der Waals surface area (Å²) >= 11 is 0. The average Bonchev–Trinajstić information content (AvgIpc) is 2.78. The first-order valence-electron chi connectivity index (χ1n) is 6.66. The van der Waals surface area contributed by atoms with Crippen LogP contribution in [0.15, 0.2) is 24.3 Å². The molecular weight excluding hydrogens is 302 g/mol. The zero-order valence-corrected chi connectivity index (χ0v) is 12.9. The lowest BCUT2D eigenvalue weighted by molar-refractivity contribution is -0.126. The van der Waals surface area contributed by atoms with E-state index in [1.165, 1.54) is 27.1 Å². The van der Waals surface area contributed by atoms with Gasteiger partial charge in [-0.05, 0) is 6.07 Å². The van der Waals surface area contributed by atoms with Crippen LogP contribution in [0.3, 0.4) is 0 Å². The third kappa shape index (κ3) is 2.59. The molecule has 0 aromatic heterocycles. The number of hydrogen-bond donors (Lipinski definition) is 2. The van der Waals surface area contributed by atoms with E-state index in [9.17, 15) is 24.3 Å². The molecule has 0 aliphatic carbocycles. The fourth-order valence-corrected chi connectivity index (χ4v) is 2.17. The molecule has 1 aromatic carbocycles. The van der Waals surface area contributed by atoms with Gasteiger partial charge in [-0.3, -0.25) is 14.4 Å². The van der Waals surface area contributed by atoms with Crippen LogP contribution in [-0.4, -0.2) is 42.8 Å². The van der Waals surface area contributed by atoms with Gasteiger partial charge >= 0.3 is 5.91 Å². The molecule has 1 aromatic rings. The van der Waals surface area contributed by atoms with Gasteiger partial charge in [0.1, 0.15) is 0 Å². The van der Waals surface area contributed by atoms with E-state index in [4.69, 9.17) is 5.73 Å². The van der Waals surface area contributed by atoms with Crippen LogP contribution in [-0.2, 0) is 14.4 Å². The smallest absolute Gasteiger partial charge is 0.315 e. The van der Waals surface area contributed by atoms with Crippen molar-refractivity contribution >= 4 is 35.0 Å². The maximum absolute atomic E-state index is 11.8. The first-order chi connectivity index (χ1) is 10.6. The van der Waals surface area contributed by atoms with Crippen molar-refractivity contribution < 1.29 is 24.3 Å². The van der Waals surface area contributed by atoms with Gasteiger partial charge in [0.25, 0.3) is 17.7 Å². The summed E-state index contributed by atoms with van der Waals surface area (Å²) < 4.78 is -0.399. The minimum absolute atomic E-state index is 0.0521. The quantitative estimate of drug-likeness (QED) is 0.602. The molecule has 0 atom stereocenters. The average molecular weight is 318 g/mol. The third-order valence-corrected chi connectivity index (χ3v) is 3.80. The first-order valence-corrected chi connectivity index (χ1v) is 6.66. The molecule has 0 unspecified atom stereocenters. The lowest BCUT2D eigenvalue weighted by atomic mass is 10.1. The summed E-state index contributed by atoms with van der Waals surface area (Å²) in [6, 6.07) is 2.45. The molecule has 0 spiro atoms. The summed E-state index contributed by atoms with van der Waals surface area (Å²) in [4.78, 5) is 47.9. The highest BCUT2D eigenvalue weighted by atomic mass is 16.3. The molecule has 1 aliphatic heterocycles. The van der Waals surface area contributed by atoms with Crippen molar-refractivity contribution in [2.75, 3.05) is 19.0 Å². The number of carbonyl (C=O) groups excluding carboxylic acids is 4. The predicted molar refractivity (Wildman–Crippen MR) is 82.6 cm³/mol. The standard InChI is InChI=1S/C15H15N3O5/c1-8(19)18(2,3)11-7-9(6-10(14(11)22)15(16)23)17-12(20)4-5-13(17)21/h4-7H,1-3H3,(H2-,16,22,23)/p+1. The zero-order valence-electron chi connectivity index (χ0n) is 12.9. The second-order valence-corrected chi connectivity index (χ2v) is 5.54. The number of anilines is 1. The summed E-state index contributed by atoms with van der Waals surface area (Å²) in [7, 11) is 3.00. The van der Waals surface area contributed by atoms with Gasteiger partial charge in [-0.25, -0.2) is 14.2 Å². The number of quaternary nitrogens is 1. The van der Waals surface area contributed by atoms with Gasteiger partial charge < -0.3 is 10.8 Å². The van der Waals surface area contributed by atoms with E-state index in [1.54, 1.807) is 0 Å². The van der Waals surface area contributed by atoms with Crippen molar-refractivity contribution in [3.8, 4) is 5.75 Å². The molecule has 120 valence electrons. The fourth-order valence-electron chi connectivity index (χ4n) is 2.17. The van der Waals surface area contributed by atoms with E-state index in [2.05, 4.69) is 0 Å². The fraction of sp³-hybridized carbons (Fsp3) is 0.200. The number of primary amides is 1. The van der Waals surface area contributed by atoms with Crippen LogP contribution in [0.4, 0.5) is 11.4 Å². The number of nitrogens with two attached hydrogens (primary N) is 1. The van der Waals surface area contributed by atoms with Crippen molar-refractivity contribution in [1.82, 2.24) is 4.48 Å². The van der Waals surface area contributed by atoms with E-state index in [0.717, 1.165) is 23.1 Å². The number of nitrogens with zero attached hydrogens (tertiary/aromatic N) is 2. The highest BCUT2D eigenvalue weighted by Gasteiger charge is 2.34. The van der Waals surface area contributed by atoms with Crippen LogP contribution in [0.5, 0.6) is 5.75 Å². The molecule has 8 heteroatoms. The van der Waals surface area contributed by atoms with Crippen molar-refractivity contribution in [1.29, 1.82) is 0 Å². The van der Waals surface area contributed by atoms with Crippen molar-refractivity contribution in [2.45, 2.75) is 6.92 Å². The molecule has 0 radical (unpaired) electrons. The van der Waals surface area contributed by atoms with E-state index in [0.29, 0.717) is 0 Å². The maximum atomic E-state index is 11.8. The van der Waals surface area contributed by atoms with Crippen molar-refractivity contribution in [3.63, 3.8) is 0 Å². The Hall–Kier alpha value is -3.00.